The second-order valence-corrected chi connectivity index (χ2v) is 5.64. The number of ether oxygens (including phenoxy) is 1. The molecule has 5 heteroatoms. The minimum atomic E-state index is -0.289. The van der Waals surface area contributed by atoms with Crippen LogP contribution in [-0.4, -0.2) is 23.0 Å². The standard InChI is InChI=1S/C13H22N2O2S/c1-6-17-13(16)11-10(5)15-18-12(11)14-9(4)7-8(2)3/h8-9,14H,6-7H2,1-5H3. The zero-order chi connectivity index (χ0) is 13.7. The molecule has 0 fully saturated rings. The minimum absolute atomic E-state index is 0.289. The summed E-state index contributed by atoms with van der Waals surface area (Å²) < 4.78 is 9.29. The molecule has 0 saturated heterocycles. The molecular formula is C13H22N2O2S. The van der Waals surface area contributed by atoms with Crippen LogP contribution in [0.5, 0.6) is 0 Å². The number of carbonyl (C=O) groups is 1. The third kappa shape index (κ3) is 3.98. The molecule has 0 aliphatic rings. The Morgan fingerprint density at radius 3 is 2.67 bits per heavy atom. The van der Waals surface area contributed by atoms with E-state index in [1.54, 1.807) is 0 Å². The molecule has 1 rings (SSSR count). The van der Waals surface area contributed by atoms with Crippen molar-refractivity contribution >= 4 is 22.5 Å². The van der Waals surface area contributed by atoms with Gasteiger partial charge in [0, 0.05) is 6.04 Å². The Bertz CT molecular complexity index is 402. The van der Waals surface area contributed by atoms with Crippen molar-refractivity contribution in [1.29, 1.82) is 0 Å². The zero-order valence-corrected chi connectivity index (χ0v) is 12.6. The molecule has 102 valence electrons. The molecule has 4 nitrogen and oxygen atoms in total. The van der Waals surface area contributed by atoms with E-state index in [0.29, 0.717) is 24.1 Å². The second kappa shape index (κ2) is 6.73. The molecule has 1 atom stereocenters. The van der Waals surface area contributed by atoms with Crippen LogP contribution in [0.25, 0.3) is 0 Å². The number of nitrogens with zero attached hydrogens (tertiary/aromatic N) is 1. The lowest BCUT2D eigenvalue weighted by molar-refractivity contribution is 0.0527. The Kier molecular flexibility index (Phi) is 5.59. The van der Waals surface area contributed by atoms with Crippen molar-refractivity contribution in [3.8, 4) is 0 Å². The molecule has 0 saturated carbocycles. The van der Waals surface area contributed by atoms with Crippen molar-refractivity contribution < 1.29 is 9.53 Å². The highest BCUT2D eigenvalue weighted by Crippen LogP contribution is 2.26. The molecule has 1 heterocycles. The summed E-state index contributed by atoms with van der Waals surface area (Å²) in [7, 11) is 0. The molecule has 0 bridgehead atoms. The van der Waals surface area contributed by atoms with Crippen LogP contribution in [0.4, 0.5) is 5.00 Å². The first kappa shape index (κ1) is 15.0. The van der Waals surface area contributed by atoms with E-state index in [1.165, 1.54) is 11.5 Å². The lowest BCUT2D eigenvalue weighted by Gasteiger charge is -2.16. The lowest BCUT2D eigenvalue weighted by Crippen LogP contribution is -2.19. The van der Waals surface area contributed by atoms with Gasteiger partial charge in [-0.15, -0.1) is 0 Å². The summed E-state index contributed by atoms with van der Waals surface area (Å²) in [5.41, 5.74) is 1.31. The molecule has 1 unspecified atom stereocenters. The summed E-state index contributed by atoms with van der Waals surface area (Å²) in [5, 5.41) is 4.18. The predicted octanol–water partition coefficient (Wildman–Crippen LogP) is 3.47. The molecular weight excluding hydrogens is 248 g/mol. The molecule has 0 amide bonds. The first-order valence-electron chi connectivity index (χ1n) is 6.35. The first-order valence-corrected chi connectivity index (χ1v) is 7.12. The van der Waals surface area contributed by atoms with Crippen LogP contribution >= 0.6 is 11.5 Å². The van der Waals surface area contributed by atoms with E-state index < -0.39 is 0 Å². The topological polar surface area (TPSA) is 51.2 Å². The highest BCUT2D eigenvalue weighted by Gasteiger charge is 2.20. The summed E-state index contributed by atoms with van der Waals surface area (Å²) in [6.07, 6.45) is 1.05. The molecule has 0 radical (unpaired) electrons. The largest absolute Gasteiger partial charge is 0.462 e. The summed E-state index contributed by atoms with van der Waals surface area (Å²) in [4.78, 5) is 11.9. The van der Waals surface area contributed by atoms with Gasteiger partial charge in [-0.3, -0.25) is 0 Å². The fourth-order valence-corrected chi connectivity index (χ4v) is 2.80. The number of anilines is 1. The summed E-state index contributed by atoms with van der Waals surface area (Å²) in [6.45, 7) is 10.5. The van der Waals surface area contributed by atoms with Crippen LogP contribution in [0.2, 0.25) is 0 Å². The van der Waals surface area contributed by atoms with Gasteiger partial charge in [-0.2, -0.15) is 4.37 Å². The highest BCUT2D eigenvalue weighted by molar-refractivity contribution is 7.10. The van der Waals surface area contributed by atoms with Gasteiger partial charge in [-0.25, -0.2) is 4.79 Å². The summed E-state index contributed by atoms with van der Waals surface area (Å²) in [5.74, 6) is 0.329. The van der Waals surface area contributed by atoms with Gasteiger partial charge in [-0.1, -0.05) is 13.8 Å². The second-order valence-electron chi connectivity index (χ2n) is 4.87. The highest BCUT2D eigenvalue weighted by atomic mass is 32.1. The first-order chi connectivity index (χ1) is 8.45. The minimum Gasteiger partial charge on any atom is -0.462 e. The average molecular weight is 270 g/mol. The van der Waals surface area contributed by atoms with Crippen LogP contribution < -0.4 is 5.32 Å². The van der Waals surface area contributed by atoms with E-state index >= 15 is 0 Å². The Hall–Kier alpha value is -1.10. The number of hydrogen-bond donors (Lipinski definition) is 1. The average Bonchev–Trinajstić information content (AvgIpc) is 2.58. The Morgan fingerprint density at radius 2 is 2.11 bits per heavy atom. The van der Waals surface area contributed by atoms with Crippen molar-refractivity contribution in [2.45, 2.75) is 47.1 Å². The summed E-state index contributed by atoms with van der Waals surface area (Å²) >= 11 is 1.32. The van der Waals surface area contributed by atoms with E-state index in [4.69, 9.17) is 4.74 Å². The maximum atomic E-state index is 11.9. The third-order valence-electron chi connectivity index (χ3n) is 2.54. The molecule has 1 aromatic rings. The Balaban J connectivity index is 2.80. The predicted molar refractivity (Wildman–Crippen MR) is 75.3 cm³/mol. The van der Waals surface area contributed by atoms with Crippen molar-refractivity contribution in [3.05, 3.63) is 11.3 Å². The molecule has 0 spiro atoms. The molecule has 1 aromatic heterocycles. The SMILES string of the molecule is CCOC(=O)c1c(C)nsc1NC(C)CC(C)C. The van der Waals surface area contributed by atoms with Gasteiger partial charge < -0.3 is 10.1 Å². The fourth-order valence-electron chi connectivity index (χ4n) is 1.90. The van der Waals surface area contributed by atoms with E-state index in [1.807, 2.05) is 13.8 Å². The number of aromatic nitrogens is 1. The van der Waals surface area contributed by atoms with Crippen molar-refractivity contribution in [1.82, 2.24) is 4.37 Å². The maximum absolute atomic E-state index is 11.9. The quantitative estimate of drug-likeness (QED) is 0.804. The van der Waals surface area contributed by atoms with Gasteiger partial charge >= 0.3 is 5.97 Å². The van der Waals surface area contributed by atoms with Gasteiger partial charge in [0.15, 0.2) is 0 Å². The van der Waals surface area contributed by atoms with Crippen LogP contribution in [0, 0.1) is 12.8 Å². The monoisotopic (exact) mass is 270 g/mol. The van der Waals surface area contributed by atoms with Gasteiger partial charge in [0.1, 0.15) is 10.6 Å². The smallest absolute Gasteiger partial charge is 0.343 e. The summed E-state index contributed by atoms with van der Waals surface area (Å²) in [6, 6.07) is 0.318. The number of hydrogen-bond acceptors (Lipinski definition) is 5. The van der Waals surface area contributed by atoms with E-state index in [9.17, 15) is 4.79 Å². The van der Waals surface area contributed by atoms with Crippen LogP contribution in [0.3, 0.4) is 0 Å². The maximum Gasteiger partial charge on any atom is 0.343 e. The molecule has 0 aliphatic heterocycles. The number of aryl methyl sites for hydroxylation is 1. The van der Waals surface area contributed by atoms with Gasteiger partial charge in [-0.05, 0) is 44.6 Å². The molecule has 18 heavy (non-hydrogen) atoms. The van der Waals surface area contributed by atoms with Crippen LogP contribution in [0.15, 0.2) is 0 Å². The van der Waals surface area contributed by atoms with Gasteiger partial charge in [0.2, 0.25) is 0 Å². The van der Waals surface area contributed by atoms with Gasteiger partial charge in [0.25, 0.3) is 0 Å². The van der Waals surface area contributed by atoms with Crippen LogP contribution in [0.1, 0.15) is 50.2 Å². The molecule has 0 aromatic carbocycles. The number of rotatable bonds is 6. The van der Waals surface area contributed by atoms with E-state index in [0.717, 1.165) is 17.1 Å². The van der Waals surface area contributed by atoms with E-state index in [2.05, 4.69) is 30.5 Å². The Labute approximate surface area is 113 Å². The van der Waals surface area contributed by atoms with Crippen molar-refractivity contribution in [3.63, 3.8) is 0 Å². The number of nitrogens with one attached hydrogen (secondary N) is 1. The van der Waals surface area contributed by atoms with Gasteiger partial charge in [0.05, 0.1) is 12.3 Å². The van der Waals surface area contributed by atoms with Crippen LogP contribution in [-0.2, 0) is 4.74 Å². The van der Waals surface area contributed by atoms with E-state index in [-0.39, 0.29) is 5.97 Å². The Morgan fingerprint density at radius 1 is 1.44 bits per heavy atom. The zero-order valence-electron chi connectivity index (χ0n) is 11.7. The number of carbonyl (C=O) groups excluding carboxylic acids is 1. The lowest BCUT2D eigenvalue weighted by atomic mass is 10.1. The van der Waals surface area contributed by atoms with Crippen molar-refractivity contribution in [2.24, 2.45) is 5.92 Å². The normalized spacial score (nSPS) is 12.6. The fraction of sp³-hybridized carbons (Fsp3) is 0.692. The molecule has 1 N–H and O–H groups in total. The van der Waals surface area contributed by atoms with Crippen molar-refractivity contribution in [2.75, 3.05) is 11.9 Å². The molecule has 0 aliphatic carbocycles. The third-order valence-corrected chi connectivity index (χ3v) is 3.41. The number of esters is 1.